The van der Waals surface area contributed by atoms with Crippen molar-refractivity contribution in [2.24, 2.45) is 0 Å². The number of hydrogen-bond acceptors (Lipinski definition) is 4. The van der Waals surface area contributed by atoms with Crippen LogP contribution in [-0.2, 0) is 9.47 Å². The first kappa shape index (κ1) is 9.98. The molecule has 2 bridgehead atoms. The molecule has 0 aromatic carbocycles. The summed E-state index contributed by atoms with van der Waals surface area (Å²) in [6.07, 6.45) is -1.04. The predicted octanol–water partition coefficient (Wildman–Crippen LogP) is -1.33. The number of fused-ring (bicyclic) bond motifs is 2. The molecule has 2 heterocycles. The van der Waals surface area contributed by atoms with Crippen molar-refractivity contribution in [1.82, 2.24) is 0 Å². The van der Waals surface area contributed by atoms with E-state index < -0.39 is 11.7 Å². The monoisotopic (exact) mass is 383 g/mol. The molecule has 5 heteroatoms. The largest absolute Gasteiger partial charge is 0.540 e. The van der Waals surface area contributed by atoms with Gasteiger partial charge in [-0.25, -0.2) is 0 Å². The summed E-state index contributed by atoms with van der Waals surface area (Å²) in [5, 5.41) is 18.2. The fourth-order valence-electron chi connectivity index (χ4n) is 1.31. The molecular formula is C6H9O4U-. The van der Waals surface area contributed by atoms with E-state index in [2.05, 4.69) is 0 Å². The molecule has 3 atom stereocenters. The Kier molecular flexibility index (Phi) is 3.02. The van der Waals surface area contributed by atoms with E-state index in [4.69, 9.17) is 14.6 Å². The van der Waals surface area contributed by atoms with Gasteiger partial charge in [-0.2, -0.15) is 6.61 Å². The Balaban J connectivity index is 0.000000605. The van der Waals surface area contributed by atoms with E-state index in [1.165, 1.54) is 6.61 Å². The van der Waals surface area contributed by atoms with E-state index in [-0.39, 0.29) is 50.4 Å². The second-order valence-electron chi connectivity index (χ2n) is 2.70. The summed E-state index contributed by atoms with van der Waals surface area (Å²) in [6.45, 7) is 1.53. The molecule has 4 nitrogen and oxygen atoms in total. The fourth-order valence-corrected chi connectivity index (χ4v) is 1.31. The fraction of sp³-hybridized carbons (Fsp3) is 0.833. The molecule has 0 aromatic rings. The van der Waals surface area contributed by atoms with Gasteiger partial charge < -0.3 is 19.7 Å². The van der Waals surface area contributed by atoms with Gasteiger partial charge in [-0.1, -0.05) is 0 Å². The second-order valence-corrected chi connectivity index (χ2v) is 2.70. The molecule has 0 aromatic heterocycles. The summed E-state index contributed by atoms with van der Waals surface area (Å²) in [6, 6.07) is 0. The first-order valence-corrected chi connectivity index (χ1v) is 3.20. The number of aliphatic hydroxyl groups is 2. The van der Waals surface area contributed by atoms with Crippen LogP contribution in [0.2, 0.25) is 0 Å². The molecule has 0 saturated carbocycles. The van der Waals surface area contributed by atoms with Gasteiger partial charge in [0.25, 0.3) is 0 Å². The van der Waals surface area contributed by atoms with Crippen molar-refractivity contribution in [3.8, 4) is 0 Å². The van der Waals surface area contributed by atoms with Crippen LogP contribution < -0.4 is 0 Å². The van der Waals surface area contributed by atoms with Crippen molar-refractivity contribution >= 4 is 0 Å². The van der Waals surface area contributed by atoms with E-state index in [1.807, 2.05) is 0 Å². The molecule has 2 aliphatic heterocycles. The van der Waals surface area contributed by atoms with Crippen LogP contribution in [0.5, 0.6) is 0 Å². The molecule has 0 aliphatic carbocycles. The van der Waals surface area contributed by atoms with Crippen LogP contribution in [0.15, 0.2) is 0 Å². The van der Waals surface area contributed by atoms with E-state index in [0.717, 1.165) is 0 Å². The molecule has 2 fully saturated rings. The van der Waals surface area contributed by atoms with Crippen LogP contribution in [0.1, 0.15) is 0 Å². The predicted molar refractivity (Wildman–Crippen MR) is 30.9 cm³/mol. The van der Waals surface area contributed by atoms with Crippen molar-refractivity contribution in [2.75, 3.05) is 13.2 Å². The van der Waals surface area contributed by atoms with Gasteiger partial charge in [0.1, 0.15) is 5.60 Å². The van der Waals surface area contributed by atoms with Crippen molar-refractivity contribution < 1.29 is 50.8 Å². The number of ether oxygens (including phenoxy) is 2. The molecule has 2 unspecified atom stereocenters. The molecule has 62 valence electrons. The van der Waals surface area contributed by atoms with Crippen molar-refractivity contribution in [3.05, 3.63) is 6.61 Å². The number of hydrogen-bond donors (Lipinski definition) is 2. The molecule has 2 aliphatic rings. The summed E-state index contributed by atoms with van der Waals surface area (Å²) >= 11 is 0. The third kappa shape index (κ3) is 1.28. The van der Waals surface area contributed by atoms with E-state index in [1.54, 1.807) is 0 Å². The smallest absolute Gasteiger partial charge is 0.109 e. The Bertz CT molecular complexity index is 144. The van der Waals surface area contributed by atoms with Crippen LogP contribution in [-0.4, -0.2) is 41.2 Å². The van der Waals surface area contributed by atoms with Gasteiger partial charge in [0, 0.05) is 31.1 Å². The second kappa shape index (κ2) is 3.33. The van der Waals surface area contributed by atoms with Gasteiger partial charge in [-0.3, -0.25) is 0 Å². The Labute approximate surface area is 88.2 Å². The molecule has 2 rings (SSSR count). The average molecular weight is 383 g/mol. The molecule has 0 amide bonds. The molecule has 0 radical (unpaired) electrons. The zero-order valence-electron chi connectivity index (χ0n) is 5.86. The minimum atomic E-state index is -0.856. The zero-order valence-corrected chi connectivity index (χ0v) is 10.0. The van der Waals surface area contributed by atoms with Crippen molar-refractivity contribution in [3.63, 3.8) is 0 Å². The topological polar surface area (TPSA) is 58.9 Å². The van der Waals surface area contributed by atoms with Gasteiger partial charge in [-0.15, -0.1) is 0 Å². The van der Waals surface area contributed by atoms with Gasteiger partial charge in [0.2, 0.25) is 0 Å². The summed E-state index contributed by atoms with van der Waals surface area (Å²) < 4.78 is 10.1. The molecular weight excluding hydrogens is 374 g/mol. The Morgan fingerprint density at radius 1 is 1.64 bits per heavy atom. The third-order valence-corrected chi connectivity index (χ3v) is 2.07. The van der Waals surface area contributed by atoms with Gasteiger partial charge in [0.15, 0.2) is 0 Å². The summed E-state index contributed by atoms with van der Waals surface area (Å²) in [7, 11) is 0. The van der Waals surface area contributed by atoms with Crippen molar-refractivity contribution in [1.29, 1.82) is 0 Å². The van der Waals surface area contributed by atoms with E-state index in [9.17, 15) is 5.11 Å². The Morgan fingerprint density at radius 2 is 2.36 bits per heavy atom. The maximum absolute atomic E-state index is 9.34. The molecule has 2 saturated heterocycles. The van der Waals surface area contributed by atoms with E-state index >= 15 is 0 Å². The molecule has 0 spiro atoms. The van der Waals surface area contributed by atoms with Crippen LogP contribution in [0.3, 0.4) is 0 Å². The third-order valence-electron chi connectivity index (χ3n) is 2.07. The van der Waals surface area contributed by atoms with E-state index in [0.29, 0.717) is 0 Å². The Morgan fingerprint density at radius 3 is 2.55 bits per heavy atom. The van der Waals surface area contributed by atoms with Gasteiger partial charge >= 0.3 is 0 Å². The maximum atomic E-state index is 9.34. The maximum Gasteiger partial charge on any atom is 0.109 e. The summed E-state index contributed by atoms with van der Waals surface area (Å²) in [5.74, 6) is 0. The minimum absolute atomic E-state index is 0. The Hall–Kier alpha value is 0.892. The first-order valence-electron chi connectivity index (χ1n) is 3.20. The van der Waals surface area contributed by atoms with Crippen LogP contribution >= 0.6 is 0 Å². The minimum Gasteiger partial charge on any atom is -0.540 e. The summed E-state index contributed by atoms with van der Waals surface area (Å²) in [4.78, 5) is 0. The SMILES string of the molecule is OC[C@@]12COC([CH-]O1)C2O.[U]. The van der Waals surface area contributed by atoms with Crippen LogP contribution in [0.4, 0.5) is 0 Å². The van der Waals surface area contributed by atoms with Crippen LogP contribution in [0.25, 0.3) is 0 Å². The zero-order chi connectivity index (χ0) is 7.19. The summed E-state index contributed by atoms with van der Waals surface area (Å²) in [5.41, 5.74) is -0.856. The molecule has 2 N–H and O–H groups in total. The van der Waals surface area contributed by atoms with Crippen molar-refractivity contribution in [2.45, 2.75) is 17.8 Å². The van der Waals surface area contributed by atoms with Crippen LogP contribution in [0, 0.1) is 37.7 Å². The first-order chi connectivity index (χ1) is 4.78. The van der Waals surface area contributed by atoms with Gasteiger partial charge in [-0.05, 0) is 6.10 Å². The quantitative estimate of drug-likeness (QED) is 0.551. The normalized spacial score (nSPS) is 47.5. The number of rotatable bonds is 1. The average Bonchev–Trinajstić information content (AvgIpc) is 2.46. The van der Waals surface area contributed by atoms with Gasteiger partial charge in [0.05, 0.1) is 19.3 Å². The molecule has 11 heavy (non-hydrogen) atoms. The number of aliphatic hydroxyl groups excluding tert-OH is 2. The standard InChI is InChI=1S/C6H9O4.U/c7-2-6-3-9-4(1-10-6)5(6)8;/h1,4-5,7-8H,2-3H2;/q-1;/t4?,5?,6-;/m0./s1.